The summed E-state index contributed by atoms with van der Waals surface area (Å²) in [4.78, 5) is 28.2. The second-order valence-electron chi connectivity index (χ2n) is 6.03. The molecule has 2 amide bonds. The van der Waals surface area contributed by atoms with E-state index in [0.29, 0.717) is 25.7 Å². The smallest absolute Gasteiger partial charge is 0.228 e. The Hall–Kier alpha value is -2.08. The molecule has 2 fully saturated rings. The van der Waals surface area contributed by atoms with E-state index in [2.05, 4.69) is 0 Å². The highest BCUT2D eigenvalue weighted by molar-refractivity contribution is 5.89. The Bertz CT molecular complexity index is 481. The van der Waals surface area contributed by atoms with E-state index in [9.17, 15) is 9.59 Å². The number of rotatable bonds is 6. The molecule has 2 aliphatic rings. The van der Waals surface area contributed by atoms with Crippen molar-refractivity contribution in [1.29, 1.82) is 10.5 Å². The summed E-state index contributed by atoms with van der Waals surface area (Å²) < 4.78 is 0. The van der Waals surface area contributed by atoms with Crippen molar-refractivity contribution in [3.63, 3.8) is 0 Å². The van der Waals surface area contributed by atoms with Crippen molar-refractivity contribution < 1.29 is 9.59 Å². The molecule has 1 saturated heterocycles. The first-order valence-electron chi connectivity index (χ1n) is 7.99. The minimum Gasteiger partial charge on any atom is -0.340 e. The van der Waals surface area contributed by atoms with Crippen LogP contribution in [0.5, 0.6) is 0 Å². The molecule has 22 heavy (non-hydrogen) atoms. The topological polar surface area (TPSA) is 88.2 Å². The van der Waals surface area contributed by atoms with Crippen LogP contribution >= 0.6 is 0 Å². The first-order valence-corrected chi connectivity index (χ1v) is 7.99. The van der Waals surface area contributed by atoms with Gasteiger partial charge in [-0.05, 0) is 12.8 Å². The molecule has 0 aromatic carbocycles. The number of hydrogen-bond donors (Lipinski definition) is 0. The summed E-state index contributed by atoms with van der Waals surface area (Å²) in [7, 11) is 0. The van der Waals surface area contributed by atoms with Crippen molar-refractivity contribution in [1.82, 2.24) is 9.80 Å². The van der Waals surface area contributed by atoms with E-state index in [4.69, 9.17) is 10.5 Å². The minimum atomic E-state index is -0.314. The maximum Gasteiger partial charge on any atom is 0.228 e. The molecule has 0 radical (unpaired) electrons. The third kappa shape index (κ3) is 3.76. The number of carbonyl (C=O) groups excluding carboxylic acids is 2. The van der Waals surface area contributed by atoms with Crippen LogP contribution in [0.2, 0.25) is 0 Å². The monoisotopic (exact) mass is 302 g/mol. The van der Waals surface area contributed by atoms with Gasteiger partial charge in [0.25, 0.3) is 0 Å². The maximum atomic E-state index is 12.6. The first-order chi connectivity index (χ1) is 10.7. The lowest BCUT2D eigenvalue weighted by atomic mass is 10.1. The lowest BCUT2D eigenvalue weighted by Crippen LogP contribution is -2.40. The van der Waals surface area contributed by atoms with E-state index in [1.807, 2.05) is 17.0 Å². The minimum absolute atomic E-state index is 0.0748. The van der Waals surface area contributed by atoms with Crippen molar-refractivity contribution in [2.24, 2.45) is 5.92 Å². The number of carbonyl (C=O) groups is 2. The molecule has 0 aromatic heterocycles. The molecule has 0 spiro atoms. The fourth-order valence-corrected chi connectivity index (χ4v) is 3.43. The Kier molecular flexibility index (Phi) is 5.77. The SMILES string of the molecule is N#CCCN(CCC#N)C(=O)[C@@H]1CC(=O)N(C2CCCC2)C1. The summed E-state index contributed by atoms with van der Waals surface area (Å²) in [6.07, 6.45) is 5.17. The zero-order valence-corrected chi connectivity index (χ0v) is 12.8. The van der Waals surface area contributed by atoms with E-state index in [1.54, 1.807) is 4.90 Å². The second-order valence-corrected chi connectivity index (χ2v) is 6.03. The van der Waals surface area contributed by atoms with E-state index in [1.165, 1.54) is 0 Å². The Morgan fingerprint density at radius 3 is 2.32 bits per heavy atom. The van der Waals surface area contributed by atoms with Gasteiger partial charge in [0.15, 0.2) is 0 Å². The van der Waals surface area contributed by atoms with Crippen LogP contribution in [0.25, 0.3) is 0 Å². The Labute approximate surface area is 131 Å². The fraction of sp³-hybridized carbons (Fsp3) is 0.750. The van der Waals surface area contributed by atoms with Gasteiger partial charge in [-0.2, -0.15) is 10.5 Å². The summed E-state index contributed by atoms with van der Waals surface area (Å²) in [6.45, 7) is 1.17. The zero-order chi connectivity index (χ0) is 15.9. The zero-order valence-electron chi connectivity index (χ0n) is 12.8. The number of likely N-dealkylation sites (tertiary alicyclic amines) is 1. The van der Waals surface area contributed by atoms with Crippen LogP contribution in [0.3, 0.4) is 0 Å². The predicted molar refractivity (Wildman–Crippen MR) is 79.1 cm³/mol. The molecule has 0 bridgehead atoms. The van der Waals surface area contributed by atoms with Crippen molar-refractivity contribution in [2.45, 2.75) is 51.0 Å². The fourth-order valence-electron chi connectivity index (χ4n) is 3.43. The Morgan fingerprint density at radius 2 is 1.77 bits per heavy atom. The number of nitrogens with zero attached hydrogens (tertiary/aromatic N) is 4. The van der Waals surface area contributed by atoms with Crippen LogP contribution in [0, 0.1) is 28.6 Å². The third-order valence-corrected chi connectivity index (χ3v) is 4.57. The van der Waals surface area contributed by atoms with Gasteiger partial charge in [-0.25, -0.2) is 0 Å². The molecular formula is C16H22N4O2. The standard InChI is InChI=1S/C16H22N4O2/c17-7-3-9-19(10-4-8-18)16(22)13-11-15(21)20(12-13)14-5-1-2-6-14/h13-14H,1-6,9-12H2/t13-/m1/s1. The van der Waals surface area contributed by atoms with Gasteiger partial charge in [0.1, 0.15) is 0 Å². The van der Waals surface area contributed by atoms with Crippen LogP contribution in [-0.4, -0.2) is 47.3 Å². The van der Waals surface area contributed by atoms with Crippen LogP contribution in [0.15, 0.2) is 0 Å². The molecular weight excluding hydrogens is 280 g/mol. The highest BCUT2D eigenvalue weighted by Gasteiger charge is 2.39. The molecule has 6 nitrogen and oxygen atoms in total. The normalized spacial score (nSPS) is 21.6. The molecule has 1 aliphatic heterocycles. The number of hydrogen-bond acceptors (Lipinski definition) is 4. The summed E-state index contributed by atoms with van der Waals surface area (Å²) in [5.74, 6) is -0.324. The van der Waals surface area contributed by atoms with Crippen LogP contribution in [0.1, 0.15) is 44.9 Å². The molecule has 6 heteroatoms. The maximum absolute atomic E-state index is 12.6. The van der Waals surface area contributed by atoms with E-state index < -0.39 is 0 Å². The summed E-state index contributed by atoms with van der Waals surface area (Å²) in [5, 5.41) is 17.4. The lowest BCUT2D eigenvalue weighted by Gasteiger charge is -2.26. The summed E-state index contributed by atoms with van der Waals surface area (Å²) >= 11 is 0. The van der Waals surface area contributed by atoms with E-state index in [-0.39, 0.29) is 37.0 Å². The van der Waals surface area contributed by atoms with E-state index in [0.717, 1.165) is 25.7 Å². The molecule has 0 aromatic rings. The molecule has 0 N–H and O–H groups in total. The Morgan fingerprint density at radius 1 is 1.18 bits per heavy atom. The molecule has 1 atom stereocenters. The first kappa shape index (κ1) is 16.3. The van der Waals surface area contributed by atoms with Gasteiger partial charge < -0.3 is 9.80 Å². The summed E-state index contributed by atoms with van der Waals surface area (Å²) in [6, 6.07) is 4.36. The number of amides is 2. The van der Waals surface area contributed by atoms with Gasteiger partial charge in [-0.15, -0.1) is 0 Å². The van der Waals surface area contributed by atoms with Crippen molar-refractivity contribution in [3.05, 3.63) is 0 Å². The van der Waals surface area contributed by atoms with Crippen molar-refractivity contribution >= 4 is 11.8 Å². The van der Waals surface area contributed by atoms with Crippen molar-refractivity contribution in [3.8, 4) is 12.1 Å². The van der Waals surface area contributed by atoms with Gasteiger partial charge in [-0.1, -0.05) is 12.8 Å². The molecule has 2 rings (SSSR count). The van der Waals surface area contributed by atoms with Crippen LogP contribution in [-0.2, 0) is 9.59 Å². The highest BCUT2D eigenvalue weighted by atomic mass is 16.2. The lowest BCUT2D eigenvalue weighted by molar-refractivity contribution is -0.135. The van der Waals surface area contributed by atoms with Crippen molar-refractivity contribution in [2.75, 3.05) is 19.6 Å². The van der Waals surface area contributed by atoms with Gasteiger partial charge in [-0.3, -0.25) is 9.59 Å². The molecule has 1 aliphatic carbocycles. The predicted octanol–water partition coefficient (Wildman–Crippen LogP) is 1.43. The largest absolute Gasteiger partial charge is 0.340 e. The van der Waals surface area contributed by atoms with Gasteiger partial charge in [0, 0.05) is 32.1 Å². The van der Waals surface area contributed by atoms with Gasteiger partial charge in [0.2, 0.25) is 11.8 Å². The van der Waals surface area contributed by atoms with Gasteiger partial charge in [0.05, 0.1) is 30.9 Å². The molecule has 1 heterocycles. The average molecular weight is 302 g/mol. The molecule has 0 unspecified atom stereocenters. The van der Waals surface area contributed by atoms with Crippen LogP contribution < -0.4 is 0 Å². The molecule has 1 saturated carbocycles. The summed E-state index contributed by atoms with van der Waals surface area (Å²) in [5.41, 5.74) is 0. The average Bonchev–Trinajstić information content (AvgIpc) is 3.16. The number of nitriles is 2. The Balaban J connectivity index is 1.96. The van der Waals surface area contributed by atoms with Crippen LogP contribution in [0.4, 0.5) is 0 Å². The molecule has 118 valence electrons. The second kappa shape index (κ2) is 7.79. The highest BCUT2D eigenvalue weighted by Crippen LogP contribution is 2.30. The third-order valence-electron chi connectivity index (χ3n) is 4.57. The quantitative estimate of drug-likeness (QED) is 0.742. The van der Waals surface area contributed by atoms with E-state index >= 15 is 0 Å². The van der Waals surface area contributed by atoms with Gasteiger partial charge >= 0.3 is 0 Å².